The molecule has 0 saturated carbocycles. The van der Waals surface area contributed by atoms with Crippen molar-refractivity contribution < 1.29 is 19.2 Å². The Labute approximate surface area is 172 Å². The topological polar surface area (TPSA) is 115 Å². The van der Waals surface area contributed by atoms with Crippen LogP contribution in [0.3, 0.4) is 0 Å². The lowest BCUT2D eigenvalue weighted by atomic mass is 10.2. The van der Waals surface area contributed by atoms with Crippen molar-refractivity contribution in [3.8, 4) is 11.5 Å². The van der Waals surface area contributed by atoms with Crippen LogP contribution in [0.15, 0.2) is 41.5 Å². The van der Waals surface area contributed by atoms with Gasteiger partial charge in [0.1, 0.15) is 0 Å². The Morgan fingerprint density at radius 1 is 1.28 bits per heavy atom. The molecule has 0 saturated heterocycles. The molecule has 0 aliphatic rings. The summed E-state index contributed by atoms with van der Waals surface area (Å²) in [4.78, 5) is 22.8. The van der Waals surface area contributed by atoms with Gasteiger partial charge < -0.3 is 14.8 Å². The third-order valence-electron chi connectivity index (χ3n) is 3.47. The molecule has 0 aromatic heterocycles. The van der Waals surface area contributed by atoms with E-state index >= 15 is 0 Å². The molecule has 0 bridgehead atoms. The number of hydrogen-bond donors (Lipinski definition) is 2. The summed E-state index contributed by atoms with van der Waals surface area (Å²) in [5.74, 6) is 0.308. The monoisotopic (exact) mass is 420 g/mol. The number of halogens is 1. The lowest BCUT2D eigenvalue weighted by Crippen LogP contribution is -2.24. The minimum atomic E-state index is -0.592. The quantitative estimate of drug-likeness (QED) is 0.349. The molecule has 2 aromatic rings. The number of hydrazone groups is 1. The summed E-state index contributed by atoms with van der Waals surface area (Å²) in [5.41, 5.74) is 2.91. The van der Waals surface area contributed by atoms with Gasteiger partial charge in [0, 0.05) is 22.3 Å². The van der Waals surface area contributed by atoms with E-state index in [0.29, 0.717) is 35.9 Å². The first-order valence-corrected chi connectivity index (χ1v) is 9.26. The molecule has 0 aliphatic carbocycles. The highest BCUT2D eigenvalue weighted by atomic mass is 35.5. The van der Waals surface area contributed by atoms with Crippen LogP contribution in [-0.4, -0.2) is 30.4 Å². The number of nitro benzene ring substituents is 1. The van der Waals surface area contributed by atoms with Gasteiger partial charge >= 0.3 is 11.7 Å². The fraction of sp³-hybridized carbons (Fsp3) is 0.263. The van der Waals surface area contributed by atoms with Gasteiger partial charge in [-0.2, -0.15) is 5.10 Å². The number of ether oxygens (including phenoxy) is 2. The lowest BCUT2D eigenvalue weighted by Gasteiger charge is -2.12. The van der Waals surface area contributed by atoms with Crippen LogP contribution in [-0.2, 0) is 0 Å². The molecular weight excluding hydrogens is 400 g/mol. The summed E-state index contributed by atoms with van der Waals surface area (Å²) in [7, 11) is 0. The molecule has 0 spiro atoms. The Morgan fingerprint density at radius 2 is 2.07 bits per heavy atom. The molecule has 0 unspecified atom stereocenters. The Morgan fingerprint density at radius 3 is 2.72 bits per heavy atom. The summed E-state index contributed by atoms with van der Waals surface area (Å²) in [6, 6.07) is 8.89. The Kier molecular flexibility index (Phi) is 8.23. The molecule has 0 aliphatic heterocycles. The maximum atomic E-state index is 11.9. The van der Waals surface area contributed by atoms with E-state index in [-0.39, 0.29) is 17.2 Å². The summed E-state index contributed by atoms with van der Waals surface area (Å²) < 4.78 is 11.0. The number of nitrogens with one attached hydrogen (secondary N) is 2. The molecule has 0 atom stereocenters. The third-order valence-corrected chi connectivity index (χ3v) is 3.70. The van der Waals surface area contributed by atoms with Gasteiger partial charge in [-0.15, -0.1) is 0 Å². The van der Waals surface area contributed by atoms with Crippen LogP contribution in [0.4, 0.5) is 16.2 Å². The molecule has 0 heterocycles. The van der Waals surface area contributed by atoms with E-state index in [1.807, 2.05) is 6.92 Å². The molecule has 10 heteroatoms. The minimum Gasteiger partial charge on any atom is -0.490 e. The zero-order valence-corrected chi connectivity index (χ0v) is 16.7. The normalized spacial score (nSPS) is 10.6. The predicted octanol–water partition coefficient (Wildman–Crippen LogP) is 4.59. The van der Waals surface area contributed by atoms with Crippen LogP contribution in [0.25, 0.3) is 0 Å². The highest BCUT2D eigenvalue weighted by Gasteiger charge is 2.22. The van der Waals surface area contributed by atoms with Crippen molar-refractivity contribution in [3.05, 3.63) is 57.1 Å². The standard InChI is InChI=1S/C19H21ClN4O5/c1-3-8-29-18-16(24(26)27)9-13(10-17(18)28-4-2)12-21-23-19(25)22-15-7-5-6-14(20)11-15/h5-7,9-12H,3-4,8H2,1-2H3,(H2,22,23,25)/b21-12-. The average molecular weight is 421 g/mol. The van der Waals surface area contributed by atoms with Gasteiger partial charge in [-0.3, -0.25) is 10.1 Å². The van der Waals surface area contributed by atoms with Crippen LogP contribution in [0, 0.1) is 10.1 Å². The molecule has 0 radical (unpaired) electrons. The second-order valence-electron chi connectivity index (χ2n) is 5.74. The molecule has 2 rings (SSSR count). The van der Waals surface area contributed by atoms with Gasteiger partial charge in [0.05, 0.1) is 24.4 Å². The smallest absolute Gasteiger partial charge is 0.339 e. The molecule has 29 heavy (non-hydrogen) atoms. The lowest BCUT2D eigenvalue weighted by molar-refractivity contribution is -0.386. The largest absolute Gasteiger partial charge is 0.490 e. The van der Waals surface area contributed by atoms with E-state index in [1.54, 1.807) is 37.3 Å². The molecule has 2 amide bonds. The van der Waals surface area contributed by atoms with Crippen molar-refractivity contribution in [3.63, 3.8) is 0 Å². The molecular formula is C19H21ClN4O5. The first-order chi connectivity index (χ1) is 13.9. The number of urea groups is 1. The zero-order valence-electron chi connectivity index (χ0n) is 16.0. The van der Waals surface area contributed by atoms with Crippen LogP contribution in [0.5, 0.6) is 11.5 Å². The van der Waals surface area contributed by atoms with Gasteiger partial charge in [0.25, 0.3) is 0 Å². The van der Waals surface area contributed by atoms with Crippen molar-refractivity contribution >= 4 is 35.2 Å². The van der Waals surface area contributed by atoms with Gasteiger partial charge in [0.15, 0.2) is 5.75 Å². The van der Waals surface area contributed by atoms with E-state index < -0.39 is 11.0 Å². The second kappa shape index (κ2) is 10.9. The van der Waals surface area contributed by atoms with E-state index in [1.165, 1.54) is 12.3 Å². The van der Waals surface area contributed by atoms with Crippen molar-refractivity contribution in [1.29, 1.82) is 0 Å². The van der Waals surface area contributed by atoms with Gasteiger partial charge in [-0.25, -0.2) is 10.2 Å². The van der Waals surface area contributed by atoms with Crippen molar-refractivity contribution in [1.82, 2.24) is 5.43 Å². The fourth-order valence-corrected chi connectivity index (χ4v) is 2.51. The Bertz CT molecular complexity index is 904. The van der Waals surface area contributed by atoms with Crippen molar-refractivity contribution in [2.75, 3.05) is 18.5 Å². The summed E-state index contributed by atoms with van der Waals surface area (Å²) in [6.07, 6.45) is 1.97. The first-order valence-electron chi connectivity index (χ1n) is 8.88. The molecule has 9 nitrogen and oxygen atoms in total. The van der Waals surface area contributed by atoms with E-state index in [4.69, 9.17) is 21.1 Å². The van der Waals surface area contributed by atoms with Gasteiger partial charge in [0.2, 0.25) is 5.75 Å². The fourth-order valence-electron chi connectivity index (χ4n) is 2.32. The number of nitrogens with zero attached hydrogens (tertiary/aromatic N) is 2. The highest BCUT2D eigenvalue weighted by Crippen LogP contribution is 2.38. The van der Waals surface area contributed by atoms with E-state index in [0.717, 1.165) is 0 Å². The summed E-state index contributed by atoms with van der Waals surface area (Å²) >= 11 is 5.86. The number of nitro groups is 1. The molecule has 2 aromatic carbocycles. The number of benzene rings is 2. The zero-order chi connectivity index (χ0) is 21.2. The highest BCUT2D eigenvalue weighted by molar-refractivity contribution is 6.30. The number of carbonyl (C=O) groups excluding carboxylic acids is 1. The maximum Gasteiger partial charge on any atom is 0.339 e. The summed E-state index contributed by atoms with van der Waals surface area (Å²) in [6.45, 7) is 4.28. The Balaban J connectivity index is 2.16. The molecule has 154 valence electrons. The average Bonchev–Trinajstić information content (AvgIpc) is 2.67. The second-order valence-corrected chi connectivity index (χ2v) is 6.18. The maximum absolute atomic E-state index is 11.9. The summed E-state index contributed by atoms with van der Waals surface area (Å²) in [5, 5.41) is 18.3. The van der Waals surface area contributed by atoms with Crippen molar-refractivity contribution in [2.45, 2.75) is 20.3 Å². The molecule has 2 N–H and O–H groups in total. The first kappa shape index (κ1) is 22.0. The minimum absolute atomic E-state index is 0.0718. The number of amides is 2. The van der Waals surface area contributed by atoms with Crippen LogP contribution in [0.1, 0.15) is 25.8 Å². The SMILES string of the molecule is CCCOc1c(OCC)cc(/C=N\NC(=O)Nc2cccc(Cl)c2)cc1[N+](=O)[O-]. The van der Waals surface area contributed by atoms with E-state index in [2.05, 4.69) is 15.8 Å². The predicted molar refractivity (Wildman–Crippen MR) is 111 cm³/mol. The number of hydrogen-bond acceptors (Lipinski definition) is 6. The Hall–Kier alpha value is -3.33. The third kappa shape index (κ3) is 6.65. The van der Waals surface area contributed by atoms with Crippen LogP contribution >= 0.6 is 11.6 Å². The van der Waals surface area contributed by atoms with Gasteiger partial charge in [-0.1, -0.05) is 24.6 Å². The number of rotatable bonds is 9. The van der Waals surface area contributed by atoms with Crippen LogP contribution < -0.4 is 20.2 Å². The van der Waals surface area contributed by atoms with Gasteiger partial charge in [-0.05, 0) is 37.6 Å². The van der Waals surface area contributed by atoms with Crippen molar-refractivity contribution in [2.24, 2.45) is 5.10 Å². The number of anilines is 1. The van der Waals surface area contributed by atoms with Crippen LogP contribution in [0.2, 0.25) is 5.02 Å². The molecule has 0 fully saturated rings. The number of carbonyl (C=O) groups is 1. The van der Waals surface area contributed by atoms with E-state index in [9.17, 15) is 14.9 Å².